The summed E-state index contributed by atoms with van der Waals surface area (Å²) in [6, 6.07) is 21.9. The number of nitrogens with one attached hydrogen (secondary N) is 2. The molecule has 1 saturated heterocycles. The molecule has 1 atom stereocenters. The highest BCUT2D eigenvalue weighted by Gasteiger charge is 2.21. The first-order chi connectivity index (χ1) is 14.2. The summed E-state index contributed by atoms with van der Waals surface area (Å²) < 4.78 is 0. The zero-order valence-electron chi connectivity index (χ0n) is 16.0. The van der Waals surface area contributed by atoms with Gasteiger partial charge in [0.05, 0.1) is 5.56 Å². The zero-order chi connectivity index (χ0) is 20.1. The number of piperazine rings is 1. The Kier molecular flexibility index (Phi) is 6.08. The van der Waals surface area contributed by atoms with Gasteiger partial charge in [0.2, 0.25) is 0 Å². The lowest BCUT2D eigenvalue weighted by Crippen LogP contribution is -2.46. The Hall–Kier alpha value is -2.89. The average Bonchev–Trinajstić information content (AvgIpc) is 2.79. The number of nitrogens with zero attached hydrogens (tertiary/aromatic N) is 2. The van der Waals surface area contributed by atoms with E-state index < -0.39 is 0 Å². The van der Waals surface area contributed by atoms with Crippen molar-refractivity contribution in [1.29, 1.82) is 0 Å². The Labute approximate surface area is 175 Å². The van der Waals surface area contributed by atoms with E-state index in [9.17, 15) is 4.79 Å². The lowest BCUT2D eigenvalue weighted by molar-refractivity contribution is 0.0950. The minimum Gasteiger partial charge on any atom is -0.353 e. The van der Waals surface area contributed by atoms with Crippen LogP contribution in [0.15, 0.2) is 72.9 Å². The van der Waals surface area contributed by atoms with Gasteiger partial charge in [0.1, 0.15) is 5.82 Å². The van der Waals surface area contributed by atoms with Crippen LogP contribution in [-0.2, 0) is 6.54 Å². The summed E-state index contributed by atoms with van der Waals surface area (Å²) in [4.78, 5) is 19.2. The number of pyridine rings is 1. The Balaban J connectivity index is 1.38. The maximum absolute atomic E-state index is 12.4. The van der Waals surface area contributed by atoms with Gasteiger partial charge in [-0.15, -0.1) is 0 Å². The molecule has 0 spiro atoms. The topological polar surface area (TPSA) is 57.3 Å². The van der Waals surface area contributed by atoms with Crippen molar-refractivity contribution < 1.29 is 4.79 Å². The van der Waals surface area contributed by atoms with Gasteiger partial charge in [-0.2, -0.15) is 0 Å². The lowest BCUT2D eigenvalue weighted by atomic mass is 10.0. The molecule has 1 amide bonds. The molecular weight excluding hydrogens is 384 g/mol. The smallest absolute Gasteiger partial charge is 0.253 e. The minimum absolute atomic E-state index is 0.161. The number of hydrogen-bond donors (Lipinski definition) is 2. The molecule has 2 N–H and O–H groups in total. The first kappa shape index (κ1) is 19.4. The Morgan fingerprint density at radius 3 is 2.66 bits per heavy atom. The zero-order valence-corrected chi connectivity index (χ0v) is 16.8. The molecule has 6 heteroatoms. The van der Waals surface area contributed by atoms with Gasteiger partial charge < -0.3 is 15.5 Å². The second-order valence-corrected chi connectivity index (χ2v) is 7.45. The maximum Gasteiger partial charge on any atom is 0.253 e. The monoisotopic (exact) mass is 406 g/mol. The third-order valence-corrected chi connectivity index (χ3v) is 5.48. The van der Waals surface area contributed by atoms with E-state index in [1.165, 1.54) is 5.56 Å². The van der Waals surface area contributed by atoms with Crippen LogP contribution in [0.1, 0.15) is 27.5 Å². The van der Waals surface area contributed by atoms with Gasteiger partial charge in [-0.3, -0.25) is 4.79 Å². The normalized spacial score (nSPS) is 16.4. The number of hydrogen-bond acceptors (Lipinski definition) is 4. The summed E-state index contributed by atoms with van der Waals surface area (Å²) >= 11 is 6.14. The summed E-state index contributed by atoms with van der Waals surface area (Å²) in [6.07, 6.45) is 1.64. The molecule has 0 bridgehead atoms. The van der Waals surface area contributed by atoms with Gasteiger partial charge in [-0.1, -0.05) is 60.1 Å². The molecule has 3 aromatic rings. The van der Waals surface area contributed by atoms with Crippen molar-refractivity contribution in [2.24, 2.45) is 0 Å². The minimum atomic E-state index is -0.161. The summed E-state index contributed by atoms with van der Waals surface area (Å²) in [7, 11) is 0. The van der Waals surface area contributed by atoms with E-state index in [1.807, 2.05) is 42.5 Å². The number of aromatic nitrogens is 1. The lowest BCUT2D eigenvalue weighted by Gasteiger charge is -2.34. The molecule has 2 heterocycles. The van der Waals surface area contributed by atoms with E-state index in [-0.39, 0.29) is 11.9 Å². The van der Waals surface area contributed by atoms with Crippen LogP contribution in [0.5, 0.6) is 0 Å². The molecule has 0 unspecified atom stereocenters. The van der Waals surface area contributed by atoms with E-state index in [1.54, 1.807) is 6.20 Å². The third kappa shape index (κ3) is 4.75. The van der Waals surface area contributed by atoms with Gasteiger partial charge in [-0.05, 0) is 29.3 Å². The molecule has 1 aromatic heterocycles. The second kappa shape index (κ2) is 9.07. The van der Waals surface area contributed by atoms with Gasteiger partial charge in [0.15, 0.2) is 0 Å². The predicted octanol–water partition coefficient (Wildman–Crippen LogP) is 3.82. The highest BCUT2D eigenvalue weighted by atomic mass is 35.5. The van der Waals surface area contributed by atoms with Gasteiger partial charge in [0, 0.05) is 43.4 Å². The van der Waals surface area contributed by atoms with E-state index in [2.05, 4.69) is 44.8 Å². The van der Waals surface area contributed by atoms with Crippen molar-refractivity contribution in [2.45, 2.75) is 12.6 Å². The molecule has 1 aliphatic heterocycles. The fraction of sp³-hybridized carbons (Fsp3) is 0.217. The number of halogens is 1. The first-order valence-corrected chi connectivity index (χ1v) is 10.1. The predicted molar refractivity (Wildman–Crippen MR) is 116 cm³/mol. The molecule has 0 aliphatic carbocycles. The van der Waals surface area contributed by atoms with E-state index in [0.717, 1.165) is 31.0 Å². The molecule has 4 rings (SSSR count). The van der Waals surface area contributed by atoms with E-state index in [4.69, 9.17) is 11.6 Å². The maximum atomic E-state index is 12.4. The van der Waals surface area contributed by atoms with Crippen molar-refractivity contribution in [1.82, 2.24) is 15.6 Å². The van der Waals surface area contributed by atoms with Crippen molar-refractivity contribution >= 4 is 23.3 Å². The van der Waals surface area contributed by atoms with E-state index >= 15 is 0 Å². The highest BCUT2D eigenvalue weighted by Crippen LogP contribution is 2.21. The summed E-state index contributed by atoms with van der Waals surface area (Å²) in [5.74, 6) is 0.724. The summed E-state index contributed by atoms with van der Waals surface area (Å²) in [6.45, 7) is 3.00. The molecular formula is C23H23ClN4O. The number of carbonyl (C=O) groups excluding carboxylic acids is 1. The molecule has 148 valence electrons. The standard InChI is InChI=1S/C23H23ClN4O/c24-20-9-5-4-8-18(20)14-27-23(29)19-10-11-22(26-15-19)28-13-12-25-21(16-28)17-6-2-1-3-7-17/h1-11,15,21,25H,12-14,16H2,(H,27,29)/t21-/m1/s1. The quantitative estimate of drug-likeness (QED) is 0.676. The fourth-order valence-corrected chi connectivity index (χ4v) is 3.70. The number of carbonyl (C=O) groups is 1. The SMILES string of the molecule is O=C(NCc1ccccc1Cl)c1ccc(N2CCN[C@@H](c3ccccc3)C2)nc1. The third-order valence-electron chi connectivity index (χ3n) is 5.11. The van der Waals surface area contributed by atoms with Crippen LogP contribution < -0.4 is 15.5 Å². The van der Waals surface area contributed by atoms with Crippen molar-refractivity contribution in [3.05, 3.63) is 94.6 Å². The molecule has 2 aromatic carbocycles. The van der Waals surface area contributed by atoms with E-state index in [0.29, 0.717) is 17.1 Å². The van der Waals surface area contributed by atoms with Crippen molar-refractivity contribution in [2.75, 3.05) is 24.5 Å². The van der Waals surface area contributed by atoms with Gasteiger partial charge in [-0.25, -0.2) is 4.98 Å². The van der Waals surface area contributed by atoms with Crippen LogP contribution in [0.2, 0.25) is 5.02 Å². The first-order valence-electron chi connectivity index (χ1n) is 9.71. The molecule has 29 heavy (non-hydrogen) atoms. The van der Waals surface area contributed by atoms with Gasteiger partial charge in [0.25, 0.3) is 5.91 Å². The number of amides is 1. The summed E-state index contributed by atoms with van der Waals surface area (Å²) in [5, 5.41) is 7.10. The van der Waals surface area contributed by atoms with Gasteiger partial charge >= 0.3 is 0 Å². The van der Waals surface area contributed by atoms with Crippen LogP contribution in [0.25, 0.3) is 0 Å². The van der Waals surface area contributed by atoms with Crippen LogP contribution >= 0.6 is 11.6 Å². The van der Waals surface area contributed by atoms with Crippen molar-refractivity contribution in [3.8, 4) is 0 Å². The molecule has 5 nitrogen and oxygen atoms in total. The fourth-order valence-electron chi connectivity index (χ4n) is 3.49. The number of benzene rings is 2. The molecule has 1 fully saturated rings. The summed E-state index contributed by atoms with van der Waals surface area (Å²) in [5.41, 5.74) is 2.70. The van der Waals surface area contributed by atoms with Crippen LogP contribution in [0.4, 0.5) is 5.82 Å². The number of anilines is 1. The van der Waals surface area contributed by atoms with Crippen LogP contribution in [-0.4, -0.2) is 30.5 Å². The molecule has 1 aliphatic rings. The van der Waals surface area contributed by atoms with Crippen molar-refractivity contribution in [3.63, 3.8) is 0 Å². The Bertz CT molecular complexity index is 962. The number of rotatable bonds is 5. The van der Waals surface area contributed by atoms with Crippen LogP contribution in [0, 0.1) is 0 Å². The molecule has 0 radical (unpaired) electrons. The highest BCUT2D eigenvalue weighted by molar-refractivity contribution is 6.31. The molecule has 0 saturated carbocycles. The van der Waals surface area contributed by atoms with Crippen LogP contribution in [0.3, 0.4) is 0 Å². The average molecular weight is 407 g/mol. The largest absolute Gasteiger partial charge is 0.353 e. The Morgan fingerprint density at radius 1 is 1.10 bits per heavy atom. The second-order valence-electron chi connectivity index (χ2n) is 7.04. The Morgan fingerprint density at radius 2 is 1.90 bits per heavy atom.